The Hall–Kier alpha value is -2.06. The first-order valence-electron chi connectivity index (χ1n) is 3.74. The van der Waals surface area contributed by atoms with E-state index in [1.807, 2.05) is 0 Å². The van der Waals surface area contributed by atoms with E-state index < -0.39 is 5.97 Å². The Kier molecular flexibility index (Phi) is 3.47. The molecule has 0 aliphatic rings. The molecule has 72 valence electrons. The number of pyridine rings is 1. The zero-order valence-corrected chi connectivity index (χ0v) is 7.23. The zero-order valence-electron chi connectivity index (χ0n) is 7.23. The van der Waals surface area contributed by atoms with Gasteiger partial charge in [0.2, 0.25) is 0 Å². The Balaban J connectivity index is 2.65. The summed E-state index contributed by atoms with van der Waals surface area (Å²) >= 11 is 0. The number of aromatic carboxylic acids is 1. The standard InChI is InChI=1S/C9H8N2O3/c1-2-5-14-11-7-3-4-10-8(6-7)9(12)13/h1,3-4,6H,5H2,(H,10,11)(H,12,13). The lowest BCUT2D eigenvalue weighted by Crippen LogP contribution is -2.04. The van der Waals surface area contributed by atoms with E-state index in [2.05, 4.69) is 16.4 Å². The summed E-state index contributed by atoms with van der Waals surface area (Å²) in [4.78, 5) is 18.9. The van der Waals surface area contributed by atoms with Crippen LogP contribution in [0.2, 0.25) is 0 Å². The van der Waals surface area contributed by atoms with Crippen molar-refractivity contribution in [1.82, 2.24) is 4.98 Å². The highest BCUT2D eigenvalue weighted by Crippen LogP contribution is 2.07. The first-order valence-corrected chi connectivity index (χ1v) is 3.74. The molecular formula is C9H8N2O3. The maximum Gasteiger partial charge on any atom is 0.354 e. The summed E-state index contributed by atoms with van der Waals surface area (Å²) in [6.07, 6.45) is 6.32. The smallest absolute Gasteiger partial charge is 0.354 e. The molecule has 0 amide bonds. The molecular weight excluding hydrogens is 184 g/mol. The summed E-state index contributed by atoms with van der Waals surface area (Å²) in [7, 11) is 0. The molecule has 0 bridgehead atoms. The molecule has 14 heavy (non-hydrogen) atoms. The predicted octanol–water partition coefficient (Wildman–Crippen LogP) is 0.756. The minimum Gasteiger partial charge on any atom is -0.477 e. The van der Waals surface area contributed by atoms with Gasteiger partial charge in [-0.3, -0.25) is 10.3 Å². The Morgan fingerprint density at radius 2 is 2.57 bits per heavy atom. The van der Waals surface area contributed by atoms with Crippen molar-refractivity contribution < 1.29 is 14.7 Å². The lowest BCUT2D eigenvalue weighted by Gasteiger charge is -2.03. The summed E-state index contributed by atoms with van der Waals surface area (Å²) in [5.74, 6) is 1.17. The van der Waals surface area contributed by atoms with Crippen molar-refractivity contribution in [3.05, 3.63) is 24.0 Å². The third-order valence-corrected chi connectivity index (χ3v) is 1.32. The van der Waals surface area contributed by atoms with Gasteiger partial charge in [-0.05, 0) is 12.1 Å². The van der Waals surface area contributed by atoms with E-state index >= 15 is 0 Å². The Bertz CT molecular complexity index is 371. The molecule has 2 N–H and O–H groups in total. The van der Waals surface area contributed by atoms with Crippen LogP contribution in [-0.2, 0) is 4.84 Å². The Morgan fingerprint density at radius 1 is 1.79 bits per heavy atom. The van der Waals surface area contributed by atoms with Crippen LogP contribution in [0.1, 0.15) is 10.5 Å². The number of carboxylic acids is 1. The number of carbonyl (C=O) groups is 1. The van der Waals surface area contributed by atoms with E-state index in [0.29, 0.717) is 5.69 Å². The van der Waals surface area contributed by atoms with Gasteiger partial charge in [-0.2, -0.15) is 0 Å². The molecule has 1 aromatic rings. The van der Waals surface area contributed by atoms with E-state index in [1.54, 1.807) is 6.07 Å². The maximum atomic E-state index is 10.5. The molecule has 0 spiro atoms. The monoisotopic (exact) mass is 192 g/mol. The van der Waals surface area contributed by atoms with Gasteiger partial charge in [0.1, 0.15) is 12.3 Å². The van der Waals surface area contributed by atoms with Crippen molar-refractivity contribution in [2.24, 2.45) is 0 Å². The van der Waals surface area contributed by atoms with Crippen molar-refractivity contribution in [2.45, 2.75) is 0 Å². The quantitative estimate of drug-likeness (QED) is 0.418. The van der Waals surface area contributed by atoms with E-state index in [0.717, 1.165) is 0 Å². The van der Waals surface area contributed by atoms with Crippen LogP contribution in [0.3, 0.4) is 0 Å². The van der Waals surface area contributed by atoms with Gasteiger partial charge in [0.05, 0.1) is 5.69 Å². The number of nitrogens with one attached hydrogen (secondary N) is 1. The van der Waals surface area contributed by atoms with E-state index in [1.165, 1.54) is 12.3 Å². The molecule has 0 atom stereocenters. The number of anilines is 1. The fourth-order valence-electron chi connectivity index (χ4n) is 0.772. The molecule has 0 saturated carbocycles. The molecule has 0 aromatic carbocycles. The van der Waals surface area contributed by atoms with Crippen LogP contribution in [-0.4, -0.2) is 22.7 Å². The van der Waals surface area contributed by atoms with Gasteiger partial charge in [0.15, 0.2) is 0 Å². The molecule has 1 heterocycles. The minimum atomic E-state index is -1.09. The van der Waals surface area contributed by atoms with Gasteiger partial charge in [-0.15, -0.1) is 6.42 Å². The van der Waals surface area contributed by atoms with Crippen molar-refractivity contribution >= 4 is 11.7 Å². The molecule has 1 rings (SSSR count). The highest BCUT2D eigenvalue weighted by atomic mass is 16.6. The summed E-state index contributed by atoms with van der Waals surface area (Å²) in [5, 5.41) is 8.62. The van der Waals surface area contributed by atoms with E-state index in [9.17, 15) is 4.79 Å². The number of hydrogen-bond acceptors (Lipinski definition) is 4. The van der Waals surface area contributed by atoms with Crippen LogP contribution in [0, 0.1) is 12.3 Å². The average molecular weight is 192 g/mol. The lowest BCUT2D eigenvalue weighted by molar-refractivity contribution is 0.0690. The summed E-state index contributed by atoms with van der Waals surface area (Å²) < 4.78 is 0. The van der Waals surface area contributed by atoms with E-state index in [4.69, 9.17) is 16.4 Å². The second-order valence-corrected chi connectivity index (χ2v) is 2.33. The van der Waals surface area contributed by atoms with Gasteiger partial charge in [0, 0.05) is 6.20 Å². The molecule has 0 unspecified atom stereocenters. The van der Waals surface area contributed by atoms with Gasteiger partial charge in [-0.25, -0.2) is 9.78 Å². The van der Waals surface area contributed by atoms with Crippen molar-refractivity contribution in [1.29, 1.82) is 0 Å². The summed E-state index contributed by atoms with van der Waals surface area (Å²) in [5.41, 5.74) is 2.93. The van der Waals surface area contributed by atoms with Gasteiger partial charge < -0.3 is 5.11 Å². The number of nitrogens with zero attached hydrogens (tertiary/aromatic N) is 1. The number of aromatic nitrogens is 1. The van der Waals surface area contributed by atoms with Crippen LogP contribution in [0.15, 0.2) is 18.3 Å². The summed E-state index contributed by atoms with van der Waals surface area (Å²) in [6.45, 7) is 0.102. The molecule has 1 aromatic heterocycles. The van der Waals surface area contributed by atoms with E-state index in [-0.39, 0.29) is 12.3 Å². The fraction of sp³-hybridized carbons (Fsp3) is 0.111. The normalized spacial score (nSPS) is 9.07. The van der Waals surface area contributed by atoms with Crippen LogP contribution in [0.25, 0.3) is 0 Å². The Morgan fingerprint density at radius 3 is 3.21 bits per heavy atom. The average Bonchev–Trinajstić information content (AvgIpc) is 2.19. The van der Waals surface area contributed by atoms with Crippen molar-refractivity contribution in [3.63, 3.8) is 0 Å². The topological polar surface area (TPSA) is 71.5 Å². The molecule has 0 fully saturated rings. The van der Waals surface area contributed by atoms with Gasteiger partial charge in [-0.1, -0.05) is 5.92 Å². The first-order chi connectivity index (χ1) is 6.74. The van der Waals surface area contributed by atoms with Crippen LogP contribution >= 0.6 is 0 Å². The van der Waals surface area contributed by atoms with Crippen molar-refractivity contribution in [3.8, 4) is 12.3 Å². The molecule has 0 saturated heterocycles. The SMILES string of the molecule is C#CCONc1ccnc(C(=O)O)c1. The highest BCUT2D eigenvalue weighted by molar-refractivity contribution is 5.86. The minimum absolute atomic E-state index is 0.0562. The fourth-order valence-corrected chi connectivity index (χ4v) is 0.772. The van der Waals surface area contributed by atoms with Crippen LogP contribution in [0.4, 0.5) is 5.69 Å². The second kappa shape index (κ2) is 4.84. The Labute approximate surface area is 80.7 Å². The maximum absolute atomic E-state index is 10.5. The summed E-state index contributed by atoms with van der Waals surface area (Å²) in [6, 6.07) is 2.92. The third kappa shape index (κ3) is 2.77. The van der Waals surface area contributed by atoms with Gasteiger partial charge in [0.25, 0.3) is 0 Å². The zero-order chi connectivity index (χ0) is 10.4. The second-order valence-electron chi connectivity index (χ2n) is 2.33. The van der Waals surface area contributed by atoms with Crippen molar-refractivity contribution in [2.75, 3.05) is 12.1 Å². The highest BCUT2D eigenvalue weighted by Gasteiger charge is 2.04. The first kappa shape index (κ1) is 10.0. The molecule has 5 heteroatoms. The number of rotatable bonds is 4. The molecule has 0 aliphatic heterocycles. The molecule has 5 nitrogen and oxygen atoms in total. The van der Waals surface area contributed by atoms with Crippen LogP contribution in [0.5, 0.6) is 0 Å². The largest absolute Gasteiger partial charge is 0.477 e. The predicted molar refractivity (Wildman–Crippen MR) is 49.6 cm³/mol. The molecule has 0 radical (unpaired) electrons. The lowest BCUT2D eigenvalue weighted by atomic mass is 10.3. The number of terminal acetylenes is 1. The number of hydrogen-bond donors (Lipinski definition) is 2. The van der Waals surface area contributed by atoms with Gasteiger partial charge >= 0.3 is 5.97 Å². The number of carboxylic acid groups (broad SMARTS) is 1. The third-order valence-electron chi connectivity index (χ3n) is 1.32. The van der Waals surface area contributed by atoms with Crippen LogP contribution < -0.4 is 5.48 Å². The molecule has 0 aliphatic carbocycles.